The van der Waals surface area contributed by atoms with Crippen LogP contribution in [0, 0.1) is 0 Å². The van der Waals surface area contributed by atoms with Crippen molar-refractivity contribution < 1.29 is 0 Å². The number of aromatic nitrogens is 1. The van der Waals surface area contributed by atoms with Crippen LogP contribution in [-0.2, 0) is 0 Å². The van der Waals surface area contributed by atoms with Gasteiger partial charge >= 0.3 is 0 Å². The van der Waals surface area contributed by atoms with E-state index in [1.54, 1.807) is 0 Å². The molecule has 1 saturated carbocycles. The number of hydrogen-bond acceptors (Lipinski definition) is 2. The molecule has 0 saturated heterocycles. The molecule has 27 heavy (non-hydrogen) atoms. The van der Waals surface area contributed by atoms with Gasteiger partial charge in [0.15, 0.2) is 5.11 Å². The lowest BCUT2D eigenvalue weighted by atomic mass is 9.96. The number of H-pyrrole nitrogens is 1. The van der Waals surface area contributed by atoms with Crippen molar-refractivity contribution in [3.63, 3.8) is 0 Å². The van der Waals surface area contributed by atoms with E-state index in [0.717, 1.165) is 27.7 Å². The minimum atomic E-state index is 0.474. The topological polar surface area (TPSA) is 52.2 Å². The zero-order valence-corrected chi connectivity index (χ0v) is 16.1. The van der Waals surface area contributed by atoms with E-state index in [0.29, 0.717) is 11.2 Å². The number of fused-ring (bicyclic) bond motifs is 1. The van der Waals surface area contributed by atoms with Gasteiger partial charge in [0.05, 0.1) is 11.9 Å². The summed E-state index contributed by atoms with van der Waals surface area (Å²) < 4.78 is 0. The molecule has 1 aromatic heterocycles. The average molecular weight is 377 g/mol. The van der Waals surface area contributed by atoms with E-state index in [1.807, 2.05) is 36.5 Å². The Balaban J connectivity index is 1.54. The predicted molar refractivity (Wildman–Crippen MR) is 117 cm³/mol. The Labute approximate surface area is 165 Å². The van der Waals surface area contributed by atoms with Crippen LogP contribution in [0.15, 0.2) is 59.7 Å². The molecule has 1 heterocycles. The molecule has 4 rings (SSSR count). The lowest BCUT2D eigenvalue weighted by Gasteiger charge is -2.23. The number of nitrogens with zero attached hydrogens (tertiary/aromatic N) is 1. The third-order valence-corrected chi connectivity index (χ3v) is 5.32. The summed E-state index contributed by atoms with van der Waals surface area (Å²) in [5, 5.41) is 9.54. The summed E-state index contributed by atoms with van der Waals surface area (Å²) >= 11 is 5.41. The molecular formula is C22H24N4S. The molecule has 0 amide bonds. The van der Waals surface area contributed by atoms with E-state index >= 15 is 0 Å². The average Bonchev–Trinajstić information content (AvgIpc) is 3.08. The van der Waals surface area contributed by atoms with Crippen molar-refractivity contribution in [1.82, 2.24) is 15.7 Å². The minimum Gasteiger partial charge on any atom is -0.359 e. The quantitative estimate of drug-likeness (QED) is 0.342. The number of rotatable bonds is 4. The first kappa shape index (κ1) is 17.7. The Morgan fingerprint density at radius 3 is 2.56 bits per heavy atom. The number of thiocarbonyl (C=S) groups is 1. The van der Waals surface area contributed by atoms with Gasteiger partial charge in [-0.2, -0.15) is 5.10 Å². The fourth-order valence-electron chi connectivity index (χ4n) is 3.75. The maximum absolute atomic E-state index is 5.41. The predicted octanol–water partition coefficient (Wildman–Crippen LogP) is 4.97. The highest BCUT2D eigenvalue weighted by Gasteiger charge is 2.14. The summed E-state index contributed by atoms with van der Waals surface area (Å²) in [7, 11) is 0. The monoisotopic (exact) mass is 376 g/mol. The number of hydrogen-bond donors (Lipinski definition) is 3. The van der Waals surface area contributed by atoms with Crippen LogP contribution in [0.5, 0.6) is 0 Å². The molecule has 0 spiro atoms. The van der Waals surface area contributed by atoms with E-state index < -0.39 is 0 Å². The van der Waals surface area contributed by atoms with Crippen LogP contribution in [0.4, 0.5) is 0 Å². The van der Waals surface area contributed by atoms with Crippen LogP contribution in [0.2, 0.25) is 0 Å². The maximum Gasteiger partial charge on any atom is 0.187 e. The normalized spacial score (nSPS) is 15.3. The first-order chi connectivity index (χ1) is 13.3. The number of aromatic amines is 1. The highest BCUT2D eigenvalue weighted by Crippen LogP contribution is 2.28. The van der Waals surface area contributed by atoms with Crippen LogP contribution in [0.25, 0.3) is 22.2 Å². The van der Waals surface area contributed by atoms with Crippen molar-refractivity contribution in [3.05, 3.63) is 60.2 Å². The minimum absolute atomic E-state index is 0.474. The second-order valence-corrected chi connectivity index (χ2v) is 7.41. The summed E-state index contributed by atoms with van der Waals surface area (Å²) in [5.74, 6) is 0. The van der Waals surface area contributed by atoms with E-state index in [9.17, 15) is 0 Å². The molecule has 0 radical (unpaired) electrons. The Morgan fingerprint density at radius 1 is 1.00 bits per heavy atom. The Hall–Kier alpha value is -2.66. The van der Waals surface area contributed by atoms with E-state index in [4.69, 9.17) is 12.2 Å². The molecule has 5 heteroatoms. The summed E-state index contributed by atoms with van der Waals surface area (Å²) in [6, 6.07) is 19.1. The molecule has 0 atom stereocenters. The summed E-state index contributed by atoms with van der Waals surface area (Å²) in [5.41, 5.74) is 7.35. The molecule has 0 aliphatic heterocycles. The van der Waals surface area contributed by atoms with E-state index in [-0.39, 0.29) is 0 Å². The van der Waals surface area contributed by atoms with Gasteiger partial charge in [0.1, 0.15) is 0 Å². The highest BCUT2D eigenvalue weighted by atomic mass is 32.1. The first-order valence-corrected chi connectivity index (χ1v) is 9.98. The zero-order chi connectivity index (χ0) is 18.5. The van der Waals surface area contributed by atoms with Gasteiger partial charge in [-0.05, 0) is 36.7 Å². The molecule has 4 nitrogen and oxygen atoms in total. The van der Waals surface area contributed by atoms with E-state index in [1.165, 1.54) is 32.1 Å². The van der Waals surface area contributed by atoms with Gasteiger partial charge in [-0.1, -0.05) is 67.8 Å². The van der Waals surface area contributed by atoms with Gasteiger partial charge < -0.3 is 10.3 Å². The molecule has 138 valence electrons. The second kappa shape index (κ2) is 8.35. The van der Waals surface area contributed by atoms with Crippen LogP contribution < -0.4 is 10.7 Å². The third kappa shape index (κ3) is 4.19. The van der Waals surface area contributed by atoms with Gasteiger partial charge in [-0.3, -0.25) is 5.43 Å². The summed E-state index contributed by atoms with van der Waals surface area (Å²) in [6.45, 7) is 0. The molecule has 2 aromatic carbocycles. The van der Waals surface area contributed by atoms with Crippen molar-refractivity contribution >= 4 is 34.4 Å². The van der Waals surface area contributed by atoms with Crippen LogP contribution in [-0.4, -0.2) is 22.4 Å². The zero-order valence-electron chi connectivity index (χ0n) is 15.2. The van der Waals surface area contributed by atoms with Crippen LogP contribution in [0.1, 0.15) is 37.7 Å². The molecule has 1 aliphatic rings. The van der Waals surface area contributed by atoms with Gasteiger partial charge in [-0.15, -0.1) is 0 Å². The third-order valence-electron chi connectivity index (χ3n) is 5.11. The molecule has 3 N–H and O–H groups in total. The molecule has 3 aromatic rings. The molecular weight excluding hydrogens is 352 g/mol. The standard InChI is InChI=1S/C22H24N4S/c27-22(24-17-11-5-2-6-12-17)26-23-15-19-18-13-7-8-14-20(18)25-21(19)16-9-3-1-4-10-16/h1,3-4,7-10,13-15,17,25H,2,5-6,11-12H2,(H2,24,26,27)/b23-15+. The lowest BCUT2D eigenvalue weighted by Crippen LogP contribution is -2.40. The largest absolute Gasteiger partial charge is 0.359 e. The fraction of sp³-hybridized carbons (Fsp3) is 0.273. The van der Waals surface area contributed by atoms with Gasteiger partial charge in [-0.25, -0.2) is 0 Å². The summed E-state index contributed by atoms with van der Waals surface area (Å²) in [4.78, 5) is 3.52. The Kier molecular flexibility index (Phi) is 5.49. The van der Waals surface area contributed by atoms with Gasteiger partial charge in [0.25, 0.3) is 0 Å². The van der Waals surface area contributed by atoms with Crippen LogP contribution >= 0.6 is 12.2 Å². The molecule has 0 unspecified atom stereocenters. The summed E-state index contributed by atoms with van der Waals surface area (Å²) in [6.07, 6.45) is 8.12. The Morgan fingerprint density at radius 2 is 1.74 bits per heavy atom. The Bertz CT molecular complexity index is 939. The number of para-hydroxylation sites is 1. The van der Waals surface area contributed by atoms with Crippen molar-refractivity contribution in [1.29, 1.82) is 0 Å². The number of nitrogens with one attached hydrogen (secondary N) is 3. The van der Waals surface area contributed by atoms with Crippen molar-refractivity contribution in [3.8, 4) is 11.3 Å². The second-order valence-electron chi connectivity index (χ2n) is 7.00. The smallest absolute Gasteiger partial charge is 0.187 e. The SMILES string of the molecule is S=C(N/N=C/c1c(-c2ccccc2)[nH]c2ccccc12)NC1CCCCC1. The van der Waals surface area contributed by atoms with Crippen molar-refractivity contribution in [2.45, 2.75) is 38.1 Å². The van der Waals surface area contributed by atoms with Crippen molar-refractivity contribution in [2.75, 3.05) is 0 Å². The van der Waals surface area contributed by atoms with Crippen LogP contribution in [0.3, 0.4) is 0 Å². The number of hydrazone groups is 1. The molecule has 1 aliphatic carbocycles. The molecule has 1 fully saturated rings. The molecule has 0 bridgehead atoms. The maximum atomic E-state index is 5.41. The highest BCUT2D eigenvalue weighted by molar-refractivity contribution is 7.80. The van der Waals surface area contributed by atoms with Gasteiger partial charge in [0, 0.05) is 22.5 Å². The lowest BCUT2D eigenvalue weighted by molar-refractivity contribution is 0.412. The fourth-order valence-corrected chi connectivity index (χ4v) is 3.97. The first-order valence-electron chi connectivity index (χ1n) is 9.57. The van der Waals surface area contributed by atoms with Gasteiger partial charge in [0.2, 0.25) is 0 Å². The van der Waals surface area contributed by atoms with Crippen molar-refractivity contribution in [2.24, 2.45) is 5.10 Å². The number of benzene rings is 2. The van der Waals surface area contributed by atoms with E-state index in [2.05, 4.69) is 45.1 Å².